The lowest BCUT2D eigenvalue weighted by Crippen LogP contribution is -2.44. The summed E-state index contributed by atoms with van der Waals surface area (Å²) in [7, 11) is 0. The summed E-state index contributed by atoms with van der Waals surface area (Å²) in [5, 5.41) is 0. The molecule has 0 bridgehead atoms. The second-order valence-corrected chi connectivity index (χ2v) is 7.26. The molecule has 1 aliphatic carbocycles. The van der Waals surface area contributed by atoms with Crippen LogP contribution < -0.4 is 4.90 Å². The minimum Gasteiger partial charge on any atom is -0.447 e. The molecule has 0 radical (unpaired) electrons. The number of rotatable bonds is 1. The third-order valence-electron chi connectivity index (χ3n) is 5.63. The van der Waals surface area contributed by atoms with Gasteiger partial charge in [-0.15, -0.1) is 0 Å². The summed E-state index contributed by atoms with van der Waals surface area (Å²) >= 11 is 0. The molecule has 1 atom stereocenters. The SMILES string of the molecule is O=C(C1CCCCC1)N1CC[C@H]2COC(=O)N2c2cc(F)ccc2C1. The molecule has 0 unspecified atom stereocenters. The molecule has 25 heavy (non-hydrogen) atoms. The fourth-order valence-electron chi connectivity index (χ4n) is 4.25. The van der Waals surface area contributed by atoms with Crippen LogP contribution in [0.4, 0.5) is 14.9 Å². The summed E-state index contributed by atoms with van der Waals surface area (Å²) < 4.78 is 19.0. The Morgan fingerprint density at radius 3 is 2.76 bits per heavy atom. The highest BCUT2D eigenvalue weighted by Crippen LogP contribution is 2.33. The summed E-state index contributed by atoms with van der Waals surface area (Å²) in [6.07, 6.45) is 5.59. The quantitative estimate of drug-likeness (QED) is 0.782. The van der Waals surface area contributed by atoms with Crippen LogP contribution in [0.2, 0.25) is 0 Å². The lowest BCUT2D eigenvalue weighted by molar-refractivity contribution is -0.137. The van der Waals surface area contributed by atoms with Crippen LogP contribution in [0.5, 0.6) is 0 Å². The number of benzene rings is 1. The Morgan fingerprint density at radius 1 is 1.16 bits per heavy atom. The normalized spacial score (nSPS) is 24.2. The van der Waals surface area contributed by atoms with E-state index in [1.165, 1.54) is 18.6 Å². The molecule has 0 N–H and O–H groups in total. The van der Waals surface area contributed by atoms with Crippen LogP contribution in [-0.2, 0) is 16.1 Å². The number of halogens is 1. The number of hydrogen-bond acceptors (Lipinski definition) is 3. The number of nitrogens with zero attached hydrogens (tertiary/aromatic N) is 2. The molecule has 2 aliphatic heterocycles. The monoisotopic (exact) mass is 346 g/mol. The van der Waals surface area contributed by atoms with Crippen molar-refractivity contribution < 1.29 is 18.7 Å². The van der Waals surface area contributed by atoms with E-state index in [9.17, 15) is 14.0 Å². The number of ether oxygens (including phenoxy) is 1. The zero-order valence-electron chi connectivity index (χ0n) is 14.2. The smallest absolute Gasteiger partial charge is 0.414 e. The van der Waals surface area contributed by atoms with Gasteiger partial charge in [0.15, 0.2) is 0 Å². The Kier molecular flexibility index (Phi) is 4.36. The second-order valence-electron chi connectivity index (χ2n) is 7.26. The van der Waals surface area contributed by atoms with Crippen molar-refractivity contribution in [1.29, 1.82) is 0 Å². The molecule has 2 fully saturated rings. The van der Waals surface area contributed by atoms with Crippen LogP contribution in [-0.4, -0.2) is 36.1 Å². The van der Waals surface area contributed by atoms with E-state index in [0.29, 0.717) is 31.8 Å². The highest BCUT2D eigenvalue weighted by molar-refractivity contribution is 5.91. The zero-order chi connectivity index (χ0) is 17.4. The van der Waals surface area contributed by atoms with Crippen LogP contribution in [0.1, 0.15) is 44.1 Å². The van der Waals surface area contributed by atoms with E-state index in [0.717, 1.165) is 31.2 Å². The van der Waals surface area contributed by atoms with Crippen molar-refractivity contribution in [3.63, 3.8) is 0 Å². The van der Waals surface area contributed by atoms with Crippen molar-refractivity contribution >= 4 is 17.7 Å². The van der Waals surface area contributed by atoms with E-state index in [1.54, 1.807) is 11.0 Å². The van der Waals surface area contributed by atoms with Gasteiger partial charge < -0.3 is 9.64 Å². The molecule has 6 heteroatoms. The fourth-order valence-corrected chi connectivity index (χ4v) is 4.25. The molecule has 5 nitrogen and oxygen atoms in total. The molecular formula is C19H23FN2O3. The Bertz CT molecular complexity index is 687. The topological polar surface area (TPSA) is 49.9 Å². The summed E-state index contributed by atoms with van der Waals surface area (Å²) in [5.74, 6) is -0.0776. The van der Waals surface area contributed by atoms with Gasteiger partial charge in [0.25, 0.3) is 0 Å². The van der Waals surface area contributed by atoms with E-state index in [2.05, 4.69) is 0 Å². The lowest BCUT2D eigenvalue weighted by atomic mass is 9.88. The summed E-state index contributed by atoms with van der Waals surface area (Å²) in [4.78, 5) is 28.6. The van der Waals surface area contributed by atoms with E-state index in [1.807, 2.05) is 4.90 Å². The van der Waals surface area contributed by atoms with Crippen molar-refractivity contribution in [2.24, 2.45) is 5.92 Å². The Morgan fingerprint density at radius 2 is 1.96 bits per heavy atom. The predicted octanol–water partition coefficient (Wildman–Crippen LogP) is 3.46. The van der Waals surface area contributed by atoms with Gasteiger partial charge in [0.2, 0.25) is 5.91 Å². The second kappa shape index (κ2) is 6.65. The Hall–Kier alpha value is -2.11. The summed E-state index contributed by atoms with van der Waals surface area (Å²) in [6, 6.07) is 4.30. The van der Waals surface area contributed by atoms with Gasteiger partial charge in [-0.1, -0.05) is 25.3 Å². The average Bonchev–Trinajstić information content (AvgIpc) is 2.98. The molecular weight excluding hydrogens is 323 g/mol. The Labute approximate surface area is 146 Å². The molecule has 3 aliphatic rings. The van der Waals surface area contributed by atoms with Gasteiger partial charge in [0.05, 0.1) is 11.7 Å². The van der Waals surface area contributed by atoms with E-state index in [4.69, 9.17) is 4.74 Å². The van der Waals surface area contributed by atoms with E-state index >= 15 is 0 Å². The molecule has 2 amide bonds. The predicted molar refractivity (Wildman–Crippen MR) is 90.6 cm³/mol. The highest BCUT2D eigenvalue weighted by atomic mass is 19.1. The largest absolute Gasteiger partial charge is 0.447 e. The van der Waals surface area contributed by atoms with Crippen molar-refractivity contribution in [3.05, 3.63) is 29.6 Å². The average molecular weight is 346 g/mol. The van der Waals surface area contributed by atoms with Gasteiger partial charge in [-0.3, -0.25) is 9.69 Å². The maximum Gasteiger partial charge on any atom is 0.414 e. The first kappa shape index (κ1) is 16.4. The van der Waals surface area contributed by atoms with Crippen molar-refractivity contribution in [2.45, 2.75) is 51.1 Å². The van der Waals surface area contributed by atoms with Crippen LogP contribution in [0, 0.1) is 11.7 Å². The van der Waals surface area contributed by atoms with Gasteiger partial charge in [-0.25, -0.2) is 9.18 Å². The number of carbonyl (C=O) groups is 2. The lowest BCUT2D eigenvalue weighted by Gasteiger charge is -2.34. The number of fused-ring (bicyclic) bond motifs is 3. The summed E-state index contributed by atoms with van der Waals surface area (Å²) in [6.45, 7) is 1.31. The maximum atomic E-state index is 13.8. The minimum atomic E-state index is -0.427. The van der Waals surface area contributed by atoms with Gasteiger partial charge in [-0.05, 0) is 37.0 Å². The maximum absolute atomic E-state index is 13.8. The number of cyclic esters (lactones) is 1. The van der Waals surface area contributed by atoms with E-state index in [-0.39, 0.29) is 23.7 Å². The molecule has 1 saturated heterocycles. The third kappa shape index (κ3) is 3.10. The third-order valence-corrected chi connectivity index (χ3v) is 5.63. The zero-order valence-corrected chi connectivity index (χ0v) is 14.2. The number of hydrogen-bond donors (Lipinski definition) is 0. The van der Waals surface area contributed by atoms with Crippen LogP contribution >= 0.6 is 0 Å². The number of amides is 2. The molecule has 0 spiro atoms. The van der Waals surface area contributed by atoms with Gasteiger partial charge in [0, 0.05) is 19.0 Å². The molecule has 4 rings (SSSR count). The van der Waals surface area contributed by atoms with Crippen molar-refractivity contribution in [1.82, 2.24) is 4.90 Å². The summed E-state index contributed by atoms with van der Waals surface area (Å²) in [5.41, 5.74) is 1.34. The van der Waals surface area contributed by atoms with Crippen molar-refractivity contribution in [3.8, 4) is 0 Å². The standard InChI is InChI=1S/C19H23FN2O3/c20-15-7-6-14-11-21(18(23)13-4-2-1-3-5-13)9-8-16-12-25-19(24)22(16)17(14)10-15/h6-7,10,13,16H,1-5,8-9,11-12H2/t16-/m0/s1. The minimum absolute atomic E-state index is 0.106. The molecule has 2 heterocycles. The number of anilines is 1. The van der Waals surface area contributed by atoms with Gasteiger partial charge >= 0.3 is 6.09 Å². The molecule has 1 saturated carbocycles. The highest BCUT2D eigenvalue weighted by Gasteiger charge is 2.38. The Balaban J connectivity index is 1.64. The first-order chi connectivity index (χ1) is 12.1. The van der Waals surface area contributed by atoms with Gasteiger partial charge in [0.1, 0.15) is 12.4 Å². The van der Waals surface area contributed by atoms with E-state index < -0.39 is 6.09 Å². The molecule has 1 aromatic rings. The number of carbonyl (C=O) groups excluding carboxylic acids is 2. The first-order valence-corrected chi connectivity index (χ1v) is 9.16. The molecule has 134 valence electrons. The van der Waals surface area contributed by atoms with Crippen LogP contribution in [0.3, 0.4) is 0 Å². The molecule has 1 aromatic carbocycles. The van der Waals surface area contributed by atoms with Crippen LogP contribution in [0.15, 0.2) is 18.2 Å². The fraction of sp³-hybridized carbons (Fsp3) is 0.579. The van der Waals surface area contributed by atoms with Gasteiger partial charge in [-0.2, -0.15) is 0 Å². The molecule has 0 aromatic heterocycles. The van der Waals surface area contributed by atoms with Crippen LogP contribution in [0.25, 0.3) is 0 Å². The van der Waals surface area contributed by atoms with Crippen molar-refractivity contribution in [2.75, 3.05) is 18.1 Å². The first-order valence-electron chi connectivity index (χ1n) is 9.16.